The highest BCUT2D eigenvalue weighted by atomic mass is 35.5. The summed E-state index contributed by atoms with van der Waals surface area (Å²) in [6.07, 6.45) is 0.758. The highest BCUT2D eigenvalue weighted by molar-refractivity contribution is 5.85. The molecule has 2 nitrogen and oxygen atoms in total. The number of hydrogen-bond donors (Lipinski definition) is 2. The topological polar surface area (TPSA) is 46.2 Å². The molecule has 0 saturated heterocycles. The lowest BCUT2D eigenvalue weighted by atomic mass is 9.68. The molecule has 0 unspecified atom stereocenters. The van der Waals surface area contributed by atoms with Crippen LogP contribution in [0.1, 0.15) is 20.3 Å². The van der Waals surface area contributed by atoms with Gasteiger partial charge in [0, 0.05) is 6.04 Å². The molecular weight excluding hydrogens is 138 g/mol. The summed E-state index contributed by atoms with van der Waals surface area (Å²) >= 11 is 0. The van der Waals surface area contributed by atoms with Crippen LogP contribution in [0.3, 0.4) is 0 Å². The van der Waals surface area contributed by atoms with Crippen molar-refractivity contribution in [2.45, 2.75) is 31.9 Å². The number of rotatable bonds is 0. The Bertz CT molecular complexity index is 105. The second-order valence-corrected chi connectivity index (χ2v) is 3.01. The van der Waals surface area contributed by atoms with Gasteiger partial charge in [0.15, 0.2) is 0 Å². The van der Waals surface area contributed by atoms with Gasteiger partial charge in [-0.1, -0.05) is 6.92 Å². The molecule has 3 atom stereocenters. The van der Waals surface area contributed by atoms with Crippen LogP contribution in [0, 0.1) is 5.92 Å². The maximum Gasteiger partial charge on any atom is 0.0674 e. The van der Waals surface area contributed by atoms with Gasteiger partial charge in [-0.2, -0.15) is 0 Å². The lowest BCUT2D eigenvalue weighted by Gasteiger charge is -2.46. The molecular formula is C6H14ClNO. The fourth-order valence-electron chi connectivity index (χ4n) is 1.14. The monoisotopic (exact) mass is 151 g/mol. The molecule has 0 heterocycles. The lowest BCUT2D eigenvalue weighted by molar-refractivity contribution is -0.0844. The first-order valence-electron chi connectivity index (χ1n) is 3.02. The minimum absolute atomic E-state index is 0. The molecule has 1 aliphatic carbocycles. The Morgan fingerprint density at radius 1 is 1.67 bits per heavy atom. The summed E-state index contributed by atoms with van der Waals surface area (Å²) < 4.78 is 0. The van der Waals surface area contributed by atoms with E-state index in [2.05, 4.69) is 0 Å². The van der Waals surface area contributed by atoms with E-state index < -0.39 is 5.60 Å². The van der Waals surface area contributed by atoms with Crippen LogP contribution in [-0.2, 0) is 0 Å². The first-order chi connectivity index (χ1) is 3.54. The summed E-state index contributed by atoms with van der Waals surface area (Å²) in [6.45, 7) is 3.81. The molecule has 0 amide bonds. The van der Waals surface area contributed by atoms with Crippen LogP contribution in [0.5, 0.6) is 0 Å². The Morgan fingerprint density at radius 2 is 2.11 bits per heavy atom. The van der Waals surface area contributed by atoms with Crippen LogP contribution in [0.25, 0.3) is 0 Å². The molecule has 0 aliphatic heterocycles. The van der Waals surface area contributed by atoms with Gasteiger partial charge in [-0.3, -0.25) is 0 Å². The zero-order valence-corrected chi connectivity index (χ0v) is 6.61. The standard InChI is InChI=1S/C6H13NO.ClH/c1-4-5(7)3-6(4,2)8;/h4-5,8H,3,7H2,1-2H3;1H/t4-,5-,6+;/m0./s1. The molecule has 0 spiro atoms. The summed E-state index contributed by atoms with van der Waals surface area (Å²) in [5, 5.41) is 9.27. The molecule has 1 saturated carbocycles. The van der Waals surface area contributed by atoms with Crippen molar-refractivity contribution in [3.63, 3.8) is 0 Å². The Balaban J connectivity index is 0.000000640. The Morgan fingerprint density at radius 3 is 2.11 bits per heavy atom. The predicted molar refractivity (Wildman–Crippen MR) is 39.6 cm³/mol. The third-order valence-corrected chi connectivity index (χ3v) is 2.27. The fourth-order valence-corrected chi connectivity index (χ4v) is 1.14. The molecule has 0 aromatic heterocycles. The average Bonchev–Trinajstić information content (AvgIpc) is 1.65. The van der Waals surface area contributed by atoms with E-state index in [0.29, 0.717) is 0 Å². The van der Waals surface area contributed by atoms with E-state index in [4.69, 9.17) is 5.73 Å². The molecule has 3 N–H and O–H groups in total. The third kappa shape index (κ3) is 1.37. The van der Waals surface area contributed by atoms with E-state index in [1.165, 1.54) is 0 Å². The van der Waals surface area contributed by atoms with Gasteiger partial charge in [0.1, 0.15) is 0 Å². The maximum absolute atomic E-state index is 9.27. The second-order valence-electron chi connectivity index (χ2n) is 3.01. The summed E-state index contributed by atoms with van der Waals surface area (Å²) in [5.74, 6) is 0.280. The Labute approximate surface area is 61.8 Å². The highest BCUT2D eigenvalue weighted by Gasteiger charge is 2.44. The van der Waals surface area contributed by atoms with Gasteiger partial charge in [-0.25, -0.2) is 0 Å². The van der Waals surface area contributed by atoms with Gasteiger partial charge in [0.2, 0.25) is 0 Å². The molecule has 0 bridgehead atoms. The molecule has 56 valence electrons. The molecule has 0 aromatic rings. The minimum atomic E-state index is -0.473. The minimum Gasteiger partial charge on any atom is -0.390 e. The van der Waals surface area contributed by atoms with Gasteiger partial charge in [0.05, 0.1) is 5.60 Å². The summed E-state index contributed by atoms with van der Waals surface area (Å²) in [4.78, 5) is 0. The van der Waals surface area contributed by atoms with Gasteiger partial charge in [-0.05, 0) is 19.3 Å². The van der Waals surface area contributed by atoms with E-state index in [0.717, 1.165) is 6.42 Å². The van der Waals surface area contributed by atoms with E-state index >= 15 is 0 Å². The predicted octanol–water partition coefficient (Wildman–Crippen LogP) is 0.526. The summed E-state index contributed by atoms with van der Waals surface area (Å²) in [5.41, 5.74) is 5.06. The van der Waals surface area contributed by atoms with E-state index in [1.54, 1.807) is 0 Å². The molecule has 3 heteroatoms. The number of hydrogen-bond acceptors (Lipinski definition) is 2. The number of halogens is 1. The molecule has 1 aliphatic rings. The quantitative estimate of drug-likeness (QED) is 0.531. The van der Waals surface area contributed by atoms with Gasteiger partial charge >= 0.3 is 0 Å². The van der Waals surface area contributed by atoms with Crippen LogP contribution in [0.2, 0.25) is 0 Å². The average molecular weight is 152 g/mol. The molecule has 1 fully saturated rings. The van der Waals surface area contributed by atoms with Crippen LogP contribution in [-0.4, -0.2) is 16.7 Å². The Kier molecular flexibility index (Phi) is 2.50. The highest BCUT2D eigenvalue weighted by Crippen LogP contribution is 2.36. The normalized spacial score (nSPS) is 49.3. The first-order valence-corrected chi connectivity index (χ1v) is 3.02. The molecule has 0 aromatic carbocycles. The van der Waals surface area contributed by atoms with Crippen molar-refractivity contribution in [2.24, 2.45) is 11.7 Å². The maximum atomic E-state index is 9.27. The van der Waals surface area contributed by atoms with Crippen LogP contribution in [0.15, 0.2) is 0 Å². The van der Waals surface area contributed by atoms with Gasteiger partial charge in [0.25, 0.3) is 0 Å². The van der Waals surface area contributed by atoms with Crippen molar-refractivity contribution in [1.29, 1.82) is 0 Å². The van der Waals surface area contributed by atoms with Gasteiger partial charge in [-0.15, -0.1) is 12.4 Å². The first kappa shape index (κ1) is 9.21. The lowest BCUT2D eigenvalue weighted by Crippen LogP contribution is -2.57. The summed E-state index contributed by atoms with van der Waals surface area (Å²) in [6, 6.07) is 0.227. The van der Waals surface area contributed by atoms with Crippen molar-refractivity contribution in [3.05, 3.63) is 0 Å². The molecule has 0 radical (unpaired) electrons. The summed E-state index contributed by atoms with van der Waals surface area (Å²) in [7, 11) is 0. The molecule has 1 rings (SSSR count). The second kappa shape index (κ2) is 2.45. The van der Waals surface area contributed by atoms with E-state index in [9.17, 15) is 5.11 Å². The van der Waals surface area contributed by atoms with Crippen LogP contribution in [0.4, 0.5) is 0 Å². The number of nitrogens with two attached hydrogens (primary N) is 1. The van der Waals surface area contributed by atoms with Crippen molar-refractivity contribution in [2.75, 3.05) is 0 Å². The van der Waals surface area contributed by atoms with E-state index in [-0.39, 0.29) is 24.4 Å². The largest absolute Gasteiger partial charge is 0.390 e. The zero-order chi connectivity index (χ0) is 6.36. The van der Waals surface area contributed by atoms with Crippen LogP contribution < -0.4 is 5.73 Å². The van der Waals surface area contributed by atoms with Crippen molar-refractivity contribution in [3.8, 4) is 0 Å². The van der Waals surface area contributed by atoms with Crippen LogP contribution >= 0.6 is 12.4 Å². The van der Waals surface area contributed by atoms with E-state index in [1.807, 2.05) is 13.8 Å². The third-order valence-electron chi connectivity index (χ3n) is 2.27. The zero-order valence-electron chi connectivity index (χ0n) is 5.79. The van der Waals surface area contributed by atoms with Crippen molar-refractivity contribution in [1.82, 2.24) is 0 Å². The smallest absolute Gasteiger partial charge is 0.0674 e. The van der Waals surface area contributed by atoms with Crippen molar-refractivity contribution >= 4 is 12.4 Å². The Hall–Kier alpha value is 0.210. The SMILES string of the molecule is C[C@H]1[C@@H](N)C[C@@]1(C)O.Cl. The fraction of sp³-hybridized carbons (Fsp3) is 1.00. The van der Waals surface area contributed by atoms with Crippen molar-refractivity contribution < 1.29 is 5.11 Å². The number of aliphatic hydroxyl groups is 1. The molecule has 9 heavy (non-hydrogen) atoms. The van der Waals surface area contributed by atoms with Gasteiger partial charge < -0.3 is 10.8 Å².